The molecule has 1 fully saturated rings. The summed E-state index contributed by atoms with van der Waals surface area (Å²) in [6.07, 6.45) is -0.670. The summed E-state index contributed by atoms with van der Waals surface area (Å²) in [7, 11) is 1.50. The van der Waals surface area contributed by atoms with E-state index in [9.17, 15) is 14.7 Å². The number of carbonyl (C=O) groups excluding carboxylic acids is 2. The SMILES string of the molecule is COc1ccc(O)c(C(=O)N2CC(Oc3ccc(NC(=O)OC(C)(C)C)cc3)C2)c1. The van der Waals surface area contributed by atoms with Gasteiger partial charge in [-0.1, -0.05) is 0 Å². The van der Waals surface area contributed by atoms with Gasteiger partial charge in [-0.25, -0.2) is 4.79 Å². The van der Waals surface area contributed by atoms with Crippen LogP contribution in [0.2, 0.25) is 0 Å². The Morgan fingerprint density at radius 1 is 1.07 bits per heavy atom. The van der Waals surface area contributed by atoms with Crippen molar-refractivity contribution in [1.82, 2.24) is 4.90 Å². The van der Waals surface area contributed by atoms with Gasteiger partial charge in [0, 0.05) is 5.69 Å². The maximum atomic E-state index is 12.6. The number of amides is 2. The predicted molar refractivity (Wildman–Crippen MR) is 111 cm³/mol. The van der Waals surface area contributed by atoms with Crippen LogP contribution in [0.3, 0.4) is 0 Å². The van der Waals surface area contributed by atoms with Crippen LogP contribution in [0.5, 0.6) is 17.2 Å². The Labute approximate surface area is 175 Å². The molecule has 160 valence electrons. The van der Waals surface area contributed by atoms with Gasteiger partial charge in [0.15, 0.2) is 0 Å². The van der Waals surface area contributed by atoms with Crippen LogP contribution < -0.4 is 14.8 Å². The van der Waals surface area contributed by atoms with Gasteiger partial charge in [-0.2, -0.15) is 0 Å². The predicted octanol–water partition coefficient (Wildman–Crippen LogP) is 3.65. The Hall–Kier alpha value is -3.42. The Bertz CT molecular complexity index is 914. The fourth-order valence-corrected chi connectivity index (χ4v) is 2.89. The molecule has 0 saturated carbocycles. The van der Waals surface area contributed by atoms with E-state index in [1.165, 1.54) is 19.2 Å². The van der Waals surface area contributed by atoms with Crippen molar-refractivity contribution in [2.75, 3.05) is 25.5 Å². The molecule has 1 aliphatic heterocycles. The summed E-state index contributed by atoms with van der Waals surface area (Å²) in [6, 6.07) is 11.5. The van der Waals surface area contributed by atoms with Crippen molar-refractivity contribution in [3.05, 3.63) is 48.0 Å². The highest BCUT2D eigenvalue weighted by Gasteiger charge is 2.34. The average molecular weight is 414 g/mol. The van der Waals surface area contributed by atoms with Crippen LogP contribution in [0.1, 0.15) is 31.1 Å². The number of phenols is 1. The van der Waals surface area contributed by atoms with E-state index in [4.69, 9.17) is 14.2 Å². The van der Waals surface area contributed by atoms with E-state index in [1.54, 1.807) is 56.0 Å². The highest BCUT2D eigenvalue weighted by molar-refractivity contribution is 5.97. The van der Waals surface area contributed by atoms with Crippen LogP contribution >= 0.6 is 0 Å². The first-order valence-corrected chi connectivity index (χ1v) is 9.57. The van der Waals surface area contributed by atoms with E-state index in [0.29, 0.717) is 30.3 Å². The minimum absolute atomic E-state index is 0.0850. The number of likely N-dealkylation sites (tertiary alicyclic amines) is 1. The summed E-state index contributed by atoms with van der Waals surface area (Å²) in [6.45, 7) is 6.21. The molecule has 0 spiro atoms. The maximum Gasteiger partial charge on any atom is 0.412 e. The van der Waals surface area contributed by atoms with Crippen LogP contribution in [0, 0.1) is 0 Å². The van der Waals surface area contributed by atoms with Crippen molar-refractivity contribution in [2.45, 2.75) is 32.5 Å². The number of hydrogen-bond acceptors (Lipinski definition) is 6. The van der Waals surface area contributed by atoms with E-state index in [1.807, 2.05) is 0 Å². The second kappa shape index (κ2) is 8.52. The molecule has 0 radical (unpaired) electrons. The van der Waals surface area contributed by atoms with E-state index in [-0.39, 0.29) is 23.3 Å². The minimum Gasteiger partial charge on any atom is -0.507 e. The van der Waals surface area contributed by atoms with Crippen molar-refractivity contribution in [2.24, 2.45) is 0 Å². The molecule has 1 aliphatic rings. The number of aromatic hydroxyl groups is 1. The summed E-state index contributed by atoms with van der Waals surface area (Å²) in [5.41, 5.74) is 0.225. The largest absolute Gasteiger partial charge is 0.507 e. The van der Waals surface area contributed by atoms with Crippen molar-refractivity contribution in [3.63, 3.8) is 0 Å². The molecule has 2 aromatic rings. The zero-order chi connectivity index (χ0) is 21.9. The third-order valence-corrected chi connectivity index (χ3v) is 4.37. The normalized spacial score (nSPS) is 13.9. The molecule has 0 bridgehead atoms. The van der Waals surface area contributed by atoms with Crippen molar-refractivity contribution in [3.8, 4) is 17.2 Å². The lowest BCUT2D eigenvalue weighted by Gasteiger charge is -2.39. The monoisotopic (exact) mass is 414 g/mol. The lowest BCUT2D eigenvalue weighted by atomic mass is 10.1. The molecule has 2 aromatic carbocycles. The van der Waals surface area contributed by atoms with E-state index in [2.05, 4.69) is 5.32 Å². The summed E-state index contributed by atoms with van der Waals surface area (Å²) in [4.78, 5) is 26.0. The summed E-state index contributed by atoms with van der Waals surface area (Å²) in [5, 5.41) is 12.6. The molecule has 1 heterocycles. The minimum atomic E-state index is -0.567. The molecule has 0 atom stereocenters. The van der Waals surface area contributed by atoms with Gasteiger partial charge >= 0.3 is 6.09 Å². The van der Waals surface area contributed by atoms with Crippen molar-refractivity contribution in [1.29, 1.82) is 0 Å². The van der Waals surface area contributed by atoms with E-state index in [0.717, 1.165) is 0 Å². The highest BCUT2D eigenvalue weighted by atomic mass is 16.6. The molecule has 3 rings (SSSR count). The Kier molecular flexibility index (Phi) is 6.05. The van der Waals surface area contributed by atoms with Crippen molar-refractivity contribution >= 4 is 17.7 Å². The Balaban J connectivity index is 1.50. The summed E-state index contributed by atoms with van der Waals surface area (Å²) in [5.74, 6) is 0.775. The number of ether oxygens (including phenoxy) is 3. The topological polar surface area (TPSA) is 97.3 Å². The second-order valence-electron chi connectivity index (χ2n) is 7.98. The number of rotatable bonds is 5. The van der Waals surface area contributed by atoms with Gasteiger partial charge in [0.05, 0.1) is 25.8 Å². The van der Waals surface area contributed by atoms with E-state index >= 15 is 0 Å². The Morgan fingerprint density at radius 3 is 2.30 bits per heavy atom. The van der Waals surface area contributed by atoms with Gasteiger partial charge < -0.3 is 24.2 Å². The number of hydrogen-bond donors (Lipinski definition) is 2. The first-order chi connectivity index (χ1) is 14.1. The molecule has 0 unspecified atom stereocenters. The molecule has 30 heavy (non-hydrogen) atoms. The van der Waals surface area contributed by atoms with Gasteiger partial charge in [0.2, 0.25) is 0 Å². The molecular weight excluding hydrogens is 388 g/mol. The van der Waals surface area contributed by atoms with Gasteiger partial charge in [-0.3, -0.25) is 10.1 Å². The summed E-state index contributed by atoms with van der Waals surface area (Å²) >= 11 is 0. The average Bonchev–Trinajstić information content (AvgIpc) is 2.64. The second-order valence-corrected chi connectivity index (χ2v) is 7.98. The third kappa shape index (κ3) is 5.34. The first kappa shape index (κ1) is 21.3. The lowest BCUT2D eigenvalue weighted by molar-refractivity contribution is 0.0175. The zero-order valence-electron chi connectivity index (χ0n) is 17.5. The van der Waals surface area contributed by atoms with Crippen LogP contribution in [-0.2, 0) is 4.74 Å². The van der Waals surface area contributed by atoms with Crippen LogP contribution in [0.25, 0.3) is 0 Å². The smallest absolute Gasteiger partial charge is 0.412 e. The molecule has 0 aliphatic carbocycles. The molecule has 8 nitrogen and oxygen atoms in total. The number of methoxy groups -OCH3 is 1. The van der Waals surface area contributed by atoms with Crippen molar-refractivity contribution < 1.29 is 28.9 Å². The number of carbonyl (C=O) groups is 2. The molecular formula is C22H26N2O6. The van der Waals surface area contributed by atoms with Crippen LogP contribution in [0.4, 0.5) is 10.5 Å². The van der Waals surface area contributed by atoms with Crippen LogP contribution in [0.15, 0.2) is 42.5 Å². The molecule has 0 aromatic heterocycles. The van der Waals surface area contributed by atoms with Gasteiger partial charge in [-0.15, -0.1) is 0 Å². The van der Waals surface area contributed by atoms with E-state index < -0.39 is 11.7 Å². The Morgan fingerprint density at radius 2 is 1.70 bits per heavy atom. The molecule has 2 amide bonds. The van der Waals surface area contributed by atoms with Gasteiger partial charge in [0.1, 0.15) is 29.0 Å². The summed E-state index contributed by atoms with van der Waals surface area (Å²) < 4.78 is 16.2. The fourth-order valence-electron chi connectivity index (χ4n) is 2.89. The highest BCUT2D eigenvalue weighted by Crippen LogP contribution is 2.27. The number of phenolic OH excluding ortho intramolecular Hbond substituents is 1. The quantitative estimate of drug-likeness (QED) is 0.775. The lowest BCUT2D eigenvalue weighted by Crippen LogP contribution is -2.56. The maximum absolute atomic E-state index is 12.6. The zero-order valence-corrected chi connectivity index (χ0v) is 17.5. The fraction of sp³-hybridized carbons (Fsp3) is 0.364. The standard InChI is InChI=1S/C22H26N2O6/c1-22(2,3)30-21(27)23-14-5-7-15(8-6-14)29-17-12-24(13-17)20(26)18-11-16(28-4)9-10-19(18)25/h5-11,17,25H,12-13H2,1-4H3,(H,23,27). The number of nitrogens with one attached hydrogen (secondary N) is 1. The number of anilines is 1. The number of benzene rings is 2. The molecule has 2 N–H and O–H groups in total. The van der Waals surface area contributed by atoms with Gasteiger partial charge in [0.25, 0.3) is 5.91 Å². The molecule has 1 saturated heterocycles. The van der Waals surface area contributed by atoms with Crippen LogP contribution in [-0.4, -0.2) is 53.9 Å². The number of nitrogens with zero attached hydrogens (tertiary/aromatic N) is 1. The first-order valence-electron chi connectivity index (χ1n) is 9.57. The third-order valence-electron chi connectivity index (χ3n) is 4.37. The van der Waals surface area contributed by atoms with Gasteiger partial charge in [-0.05, 0) is 63.2 Å². The molecule has 8 heteroatoms.